The standard InChI is InChI=1S/C43H40Cl2FN7O4S.C6H14N2/c1-24-34-25(2)38(45)39(37(24)44)55-19-18-54-31-9-10-32(57-22-30-12-14-49-41(53-30)28-6-11-33(50-21-28)48-16-15-47-3)27(20-31)13-17-56-42-36-35(34)40(58-43(36)52-23-51-42)26-4-7-29(46)8-5-26;1-7-3-5-8(2)6-4-7/h4-12,14,20-21,47,52H,13,15-19,22-23H2,1-3H3,(H,48,50);3-6H2,1-2H3. The Labute approximate surface area is 399 Å². The average Bonchev–Trinajstić information content (AvgIpc) is 3.72. The molecule has 3 N–H and O–H groups in total. The lowest BCUT2D eigenvalue weighted by Gasteiger charge is -2.28. The van der Waals surface area contributed by atoms with E-state index in [1.165, 1.54) is 38.3 Å². The van der Waals surface area contributed by atoms with Crippen LogP contribution in [0.5, 0.6) is 17.2 Å². The fourth-order valence-corrected chi connectivity index (χ4v) is 9.51. The van der Waals surface area contributed by atoms with Gasteiger partial charge in [0.1, 0.15) is 54.6 Å². The Bertz CT molecular complexity index is 2620. The van der Waals surface area contributed by atoms with E-state index in [1.807, 2.05) is 57.3 Å². The molecule has 17 heteroatoms. The van der Waals surface area contributed by atoms with E-state index >= 15 is 0 Å². The molecule has 6 aromatic rings. The van der Waals surface area contributed by atoms with Gasteiger partial charge in [-0.1, -0.05) is 35.3 Å². The van der Waals surface area contributed by atoms with Crippen molar-refractivity contribution in [3.8, 4) is 50.2 Å². The van der Waals surface area contributed by atoms with Gasteiger partial charge < -0.3 is 44.7 Å². The van der Waals surface area contributed by atoms with E-state index in [-0.39, 0.29) is 32.2 Å². The maximum Gasteiger partial charge on any atom is 0.221 e. The molecule has 7 heterocycles. The fraction of sp³-hybridized carbons (Fsp3) is 0.347. The number of aliphatic imine (C=N–C) groups is 1. The van der Waals surface area contributed by atoms with Crippen molar-refractivity contribution in [1.29, 1.82) is 0 Å². The Kier molecular flexibility index (Phi) is 15.5. The molecule has 0 atom stereocenters. The number of rotatable bonds is 9. The van der Waals surface area contributed by atoms with Gasteiger partial charge >= 0.3 is 0 Å². The van der Waals surface area contributed by atoms with Crippen LogP contribution in [0.15, 0.2) is 78.0 Å². The SMILES string of the molecule is CN1CCN(C)CC1.CNCCNc1ccc(-c2nccc(COc3ccc4cc3CCOC3=NCNc5sc(-c6ccc(F)cc6)c(c53)-c3c(C)c(Cl)c(c(Cl)c3C)OCCO4)n2)cn1. The van der Waals surface area contributed by atoms with Gasteiger partial charge in [0.15, 0.2) is 11.6 Å². The van der Waals surface area contributed by atoms with E-state index in [1.54, 1.807) is 35.9 Å². The molecule has 4 aliphatic heterocycles. The van der Waals surface area contributed by atoms with Crippen LogP contribution >= 0.6 is 34.5 Å². The number of benzene rings is 3. The molecule has 1 fully saturated rings. The second-order valence-corrected chi connectivity index (χ2v) is 18.0. The summed E-state index contributed by atoms with van der Waals surface area (Å²) in [6, 6.07) is 17.8. The normalized spacial score (nSPS) is 15.1. The zero-order valence-corrected chi connectivity index (χ0v) is 40.1. The van der Waals surface area contributed by atoms with E-state index in [9.17, 15) is 4.39 Å². The van der Waals surface area contributed by atoms with Crippen molar-refractivity contribution in [3.63, 3.8) is 0 Å². The average molecular weight is 955 g/mol. The number of aromatic nitrogens is 3. The molecule has 0 unspecified atom stereocenters. The highest BCUT2D eigenvalue weighted by atomic mass is 35.5. The Morgan fingerprint density at radius 3 is 2.26 bits per heavy atom. The molecule has 346 valence electrons. The van der Waals surface area contributed by atoms with Crippen LogP contribution in [0.3, 0.4) is 0 Å². The molecule has 66 heavy (non-hydrogen) atoms. The van der Waals surface area contributed by atoms with Gasteiger partial charge in [-0.15, -0.1) is 11.3 Å². The highest BCUT2D eigenvalue weighted by molar-refractivity contribution is 7.20. The van der Waals surface area contributed by atoms with Crippen LogP contribution < -0.4 is 30.2 Å². The Morgan fingerprint density at radius 2 is 1.55 bits per heavy atom. The number of fused-ring (bicyclic) bond motifs is 7. The molecule has 1 saturated heterocycles. The van der Waals surface area contributed by atoms with Crippen LogP contribution in [0, 0.1) is 19.7 Å². The van der Waals surface area contributed by atoms with E-state index in [0.29, 0.717) is 57.8 Å². The number of pyridine rings is 1. The van der Waals surface area contributed by atoms with Crippen LogP contribution in [0.4, 0.5) is 15.2 Å². The highest BCUT2D eigenvalue weighted by Gasteiger charge is 2.32. The summed E-state index contributed by atoms with van der Waals surface area (Å²) in [4.78, 5) is 24.2. The molecule has 0 saturated carbocycles. The molecule has 0 radical (unpaired) electrons. The molecule has 4 aliphatic rings. The third kappa shape index (κ3) is 11.0. The number of piperazine rings is 1. The second kappa shape index (κ2) is 21.8. The van der Waals surface area contributed by atoms with Crippen molar-refractivity contribution in [3.05, 3.63) is 117 Å². The molecular formula is C49H54Cl2FN9O4S. The minimum atomic E-state index is -0.321. The summed E-state index contributed by atoms with van der Waals surface area (Å²) >= 11 is 15.6. The van der Waals surface area contributed by atoms with Crippen molar-refractivity contribution in [2.24, 2.45) is 4.99 Å². The lowest BCUT2D eigenvalue weighted by molar-refractivity contribution is 0.181. The van der Waals surface area contributed by atoms with E-state index in [4.69, 9.17) is 52.1 Å². The molecule has 13 nitrogen and oxygen atoms in total. The van der Waals surface area contributed by atoms with Crippen molar-refractivity contribution in [1.82, 2.24) is 30.1 Å². The van der Waals surface area contributed by atoms with Gasteiger partial charge in [0, 0.05) is 79.7 Å². The van der Waals surface area contributed by atoms with Crippen molar-refractivity contribution < 1.29 is 23.3 Å². The quantitative estimate of drug-likeness (QED) is 0.120. The Morgan fingerprint density at radius 1 is 0.818 bits per heavy atom. The molecule has 3 aromatic carbocycles. The second-order valence-electron chi connectivity index (χ2n) is 16.2. The largest absolute Gasteiger partial charge is 0.490 e. The van der Waals surface area contributed by atoms with Crippen LogP contribution in [-0.2, 0) is 17.8 Å². The first kappa shape index (κ1) is 47.0. The number of hydrogen-bond donors (Lipinski definition) is 3. The minimum Gasteiger partial charge on any atom is -0.490 e. The maximum absolute atomic E-state index is 14.1. The van der Waals surface area contributed by atoms with Crippen molar-refractivity contribution in [2.75, 3.05) is 97.5 Å². The number of likely N-dealkylation sites (N-methyl/N-ethyl adjacent to an activating group) is 3. The lowest BCUT2D eigenvalue weighted by atomic mass is 9.90. The third-order valence-electron chi connectivity index (χ3n) is 11.5. The number of nitrogens with one attached hydrogen (secondary N) is 3. The summed E-state index contributed by atoms with van der Waals surface area (Å²) in [6.07, 6.45) is 3.96. The smallest absolute Gasteiger partial charge is 0.221 e. The first-order valence-electron chi connectivity index (χ1n) is 22.0. The summed E-state index contributed by atoms with van der Waals surface area (Å²) in [6.45, 7) is 11.7. The summed E-state index contributed by atoms with van der Waals surface area (Å²) in [5.74, 6) is 3.18. The molecule has 0 aliphatic carbocycles. The van der Waals surface area contributed by atoms with Gasteiger partial charge in [0.2, 0.25) is 5.90 Å². The number of nitrogens with zero attached hydrogens (tertiary/aromatic N) is 6. The number of ether oxygens (including phenoxy) is 4. The molecule has 10 rings (SSSR count). The predicted molar refractivity (Wildman–Crippen MR) is 264 cm³/mol. The topological polar surface area (TPSA) is 131 Å². The number of hydrogen-bond acceptors (Lipinski definition) is 14. The van der Waals surface area contributed by atoms with E-state index in [2.05, 4.69) is 49.8 Å². The minimum absolute atomic E-state index is 0.199. The van der Waals surface area contributed by atoms with Gasteiger partial charge in [0.25, 0.3) is 0 Å². The Hall–Kier alpha value is -5.55. The summed E-state index contributed by atoms with van der Waals surface area (Å²) < 4.78 is 39.5. The fourth-order valence-electron chi connectivity index (χ4n) is 7.78. The van der Waals surface area contributed by atoms with Gasteiger partial charge in [-0.05, 0) is 106 Å². The summed E-state index contributed by atoms with van der Waals surface area (Å²) in [5.41, 5.74) is 7.25. The van der Waals surface area contributed by atoms with Crippen LogP contribution in [-0.4, -0.2) is 118 Å². The monoisotopic (exact) mass is 953 g/mol. The predicted octanol–water partition coefficient (Wildman–Crippen LogP) is 9.23. The summed E-state index contributed by atoms with van der Waals surface area (Å²) in [7, 11) is 6.26. The number of thiophene rings is 1. The zero-order chi connectivity index (χ0) is 46.2. The third-order valence-corrected chi connectivity index (χ3v) is 13.6. The van der Waals surface area contributed by atoms with Gasteiger partial charge in [-0.3, -0.25) is 0 Å². The van der Waals surface area contributed by atoms with Gasteiger partial charge in [-0.25, -0.2) is 24.3 Å². The first-order chi connectivity index (χ1) is 32.1. The van der Waals surface area contributed by atoms with E-state index in [0.717, 1.165) is 73.3 Å². The maximum atomic E-state index is 14.1. The Balaban J connectivity index is 0.000000670. The molecular weight excluding hydrogens is 901 g/mol. The van der Waals surface area contributed by atoms with Gasteiger partial charge in [0.05, 0.1) is 27.9 Å². The number of anilines is 2. The zero-order valence-electron chi connectivity index (χ0n) is 37.8. The summed E-state index contributed by atoms with van der Waals surface area (Å²) in [5, 5.41) is 11.5. The van der Waals surface area contributed by atoms with E-state index < -0.39 is 0 Å². The van der Waals surface area contributed by atoms with Crippen LogP contribution in [0.25, 0.3) is 33.0 Å². The van der Waals surface area contributed by atoms with Gasteiger partial charge in [-0.2, -0.15) is 0 Å². The molecule has 0 spiro atoms. The molecule has 3 aromatic heterocycles. The van der Waals surface area contributed by atoms with Crippen molar-refractivity contribution in [2.45, 2.75) is 26.9 Å². The highest BCUT2D eigenvalue weighted by Crippen LogP contribution is 2.53. The lowest BCUT2D eigenvalue weighted by Crippen LogP contribution is -2.42. The van der Waals surface area contributed by atoms with Crippen LogP contribution in [0.1, 0.15) is 27.9 Å². The van der Waals surface area contributed by atoms with Crippen molar-refractivity contribution >= 4 is 51.3 Å². The first-order valence-corrected chi connectivity index (χ1v) is 23.5. The van der Waals surface area contributed by atoms with Crippen LogP contribution in [0.2, 0.25) is 10.0 Å². The molecule has 0 amide bonds. The molecule has 4 bridgehead atoms. The number of halogens is 3.